The molecule has 18 heavy (non-hydrogen) atoms. The first kappa shape index (κ1) is 16.9. The second kappa shape index (κ2) is 9.85. The molecule has 0 aliphatic heterocycles. The first-order valence-corrected chi connectivity index (χ1v) is 6.20. The highest BCUT2D eigenvalue weighted by molar-refractivity contribution is 5.76. The lowest BCUT2D eigenvalue weighted by Crippen LogP contribution is -2.34. The number of carbonyl (C=O) groups is 2. The van der Waals surface area contributed by atoms with Gasteiger partial charge in [-0.15, -0.1) is 0 Å². The van der Waals surface area contributed by atoms with Gasteiger partial charge in [-0.1, -0.05) is 13.8 Å². The van der Waals surface area contributed by atoms with Crippen molar-refractivity contribution < 1.29 is 19.4 Å². The van der Waals surface area contributed by atoms with Crippen LogP contribution in [0.5, 0.6) is 0 Å². The average Bonchev–Trinajstić information content (AvgIpc) is 2.29. The van der Waals surface area contributed by atoms with Crippen LogP contribution in [-0.4, -0.2) is 49.3 Å². The van der Waals surface area contributed by atoms with Crippen molar-refractivity contribution in [1.29, 1.82) is 0 Å². The van der Waals surface area contributed by atoms with Crippen molar-refractivity contribution in [3.8, 4) is 0 Å². The molecule has 6 nitrogen and oxygen atoms in total. The molecule has 0 aliphatic carbocycles. The molecule has 0 bridgehead atoms. The minimum atomic E-state index is -0.933. The van der Waals surface area contributed by atoms with Crippen LogP contribution in [0.15, 0.2) is 0 Å². The van der Waals surface area contributed by atoms with Crippen molar-refractivity contribution in [1.82, 2.24) is 10.6 Å². The third-order valence-corrected chi connectivity index (χ3v) is 2.40. The van der Waals surface area contributed by atoms with Crippen LogP contribution in [0.4, 0.5) is 0 Å². The molecule has 0 heterocycles. The van der Waals surface area contributed by atoms with Crippen LogP contribution in [0.1, 0.15) is 33.1 Å². The van der Waals surface area contributed by atoms with E-state index in [1.807, 2.05) is 0 Å². The van der Waals surface area contributed by atoms with Crippen molar-refractivity contribution in [3.05, 3.63) is 0 Å². The van der Waals surface area contributed by atoms with E-state index in [4.69, 9.17) is 9.84 Å². The Bertz CT molecular complexity index is 256. The fourth-order valence-electron chi connectivity index (χ4n) is 1.39. The zero-order chi connectivity index (χ0) is 14.0. The van der Waals surface area contributed by atoms with Gasteiger partial charge in [0.2, 0.25) is 5.91 Å². The lowest BCUT2D eigenvalue weighted by atomic mass is 10.2. The molecule has 0 radical (unpaired) electrons. The quantitative estimate of drug-likeness (QED) is 0.494. The topological polar surface area (TPSA) is 87.7 Å². The van der Waals surface area contributed by atoms with Gasteiger partial charge in [-0.2, -0.15) is 0 Å². The Morgan fingerprint density at radius 2 is 2.00 bits per heavy atom. The molecule has 1 atom stereocenters. The molecular weight excluding hydrogens is 236 g/mol. The molecule has 0 aromatic heterocycles. The van der Waals surface area contributed by atoms with Crippen LogP contribution in [0, 0.1) is 0 Å². The summed E-state index contributed by atoms with van der Waals surface area (Å²) in [6, 6.07) is 0.418. The predicted molar refractivity (Wildman–Crippen MR) is 68.4 cm³/mol. The average molecular weight is 260 g/mol. The van der Waals surface area contributed by atoms with Crippen LogP contribution in [0.25, 0.3) is 0 Å². The lowest BCUT2D eigenvalue weighted by Gasteiger charge is -2.14. The Morgan fingerprint density at radius 3 is 2.50 bits per heavy atom. The summed E-state index contributed by atoms with van der Waals surface area (Å²) in [5.74, 6) is -1.01. The molecule has 0 saturated carbocycles. The molecular formula is C12H24N2O4. The fourth-order valence-corrected chi connectivity index (χ4v) is 1.39. The molecule has 0 fully saturated rings. The zero-order valence-electron chi connectivity index (χ0n) is 11.4. The van der Waals surface area contributed by atoms with E-state index in [1.54, 1.807) is 0 Å². The van der Waals surface area contributed by atoms with E-state index in [1.165, 1.54) is 7.11 Å². The molecule has 1 unspecified atom stereocenters. The molecule has 106 valence electrons. The molecule has 0 aromatic carbocycles. The Hall–Kier alpha value is -1.14. The Morgan fingerprint density at radius 1 is 1.33 bits per heavy atom. The van der Waals surface area contributed by atoms with Gasteiger partial charge in [0.15, 0.2) is 0 Å². The van der Waals surface area contributed by atoms with Crippen LogP contribution < -0.4 is 10.6 Å². The first-order valence-electron chi connectivity index (χ1n) is 6.20. The number of methoxy groups -OCH3 is 1. The summed E-state index contributed by atoms with van der Waals surface area (Å²) in [4.78, 5) is 21.9. The second-order valence-corrected chi connectivity index (χ2v) is 4.47. The Labute approximate surface area is 108 Å². The van der Waals surface area contributed by atoms with Gasteiger partial charge in [0.1, 0.15) is 0 Å². The number of nitrogens with one attached hydrogen (secondary N) is 2. The summed E-state index contributed by atoms with van der Waals surface area (Å²) in [5.41, 5.74) is 0. The number of hydrogen-bond donors (Lipinski definition) is 3. The Balaban J connectivity index is 3.64. The highest BCUT2D eigenvalue weighted by Gasteiger charge is 2.13. The van der Waals surface area contributed by atoms with Gasteiger partial charge in [-0.3, -0.25) is 9.59 Å². The smallest absolute Gasteiger partial charge is 0.306 e. The monoisotopic (exact) mass is 260 g/mol. The van der Waals surface area contributed by atoms with E-state index in [9.17, 15) is 9.59 Å². The minimum absolute atomic E-state index is 0.0759. The Kier molecular flexibility index (Phi) is 9.22. The predicted octanol–water partition coefficient (Wildman–Crippen LogP) is 0.371. The van der Waals surface area contributed by atoms with Gasteiger partial charge in [0.25, 0.3) is 0 Å². The van der Waals surface area contributed by atoms with Crippen LogP contribution in [0.3, 0.4) is 0 Å². The summed E-state index contributed by atoms with van der Waals surface area (Å²) < 4.78 is 4.96. The summed E-state index contributed by atoms with van der Waals surface area (Å²) >= 11 is 0. The standard InChI is InChI=1S/C12H24N2O4/c1-9(2)13-6-4-5-11(15)14-8-10(18-3)7-12(16)17/h9-10,13H,4-8H2,1-3H3,(H,14,15)(H,16,17). The SMILES string of the molecule is COC(CNC(=O)CCCNC(C)C)CC(=O)O. The van der Waals surface area contributed by atoms with Gasteiger partial charge < -0.3 is 20.5 Å². The summed E-state index contributed by atoms with van der Waals surface area (Å²) in [7, 11) is 1.44. The van der Waals surface area contributed by atoms with Gasteiger partial charge in [0, 0.05) is 26.1 Å². The molecule has 0 spiro atoms. The number of hydrogen-bond acceptors (Lipinski definition) is 4. The number of carbonyl (C=O) groups excluding carboxylic acids is 1. The first-order chi connectivity index (χ1) is 8.45. The van der Waals surface area contributed by atoms with E-state index in [0.717, 1.165) is 13.0 Å². The molecule has 0 aliphatic rings. The third kappa shape index (κ3) is 10.0. The van der Waals surface area contributed by atoms with Crippen molar-refractivity contribution in [3.63, 3.8) is 0 Å². The minimum Gasteiger partial charge on any atom is -0.481 e. The van der Waals surface area contributed by atoms with E-state index >= 15 is 0 Å². The largest absolute Gasteiger partial charge is 0.481 e. The van der Waals surface area contributed by atoms with Gasteiger partial charge >= 0.3 is 5.97 Å². The number of carboxylic acid groups (broad SMARTS) is 1. The molecule has 0 aromatic rings. The number of carboxylic acids is 1. The molecule has 1 amide bonds. The van der Waals surface area contributed by atoms with E-state index in [2.05, 4.69) is 24.5 Å². The highest BCUT2D eigenvalue weighted by Crippen LogP contribution is 1.96. The molecule has 3 N–H and O–H groups in total. The van der Waals surface area contributed by atoms with E-state index in [0.29, 0.717) is 12.5 Å². The molecule has 0 saturated heterocycles. The van der Waals surface area contributed by atoms with E-state index in [-0.39, 0.29) is 18.9 Å². The lowest BCUT2D eigenvalue weighted by molar-refractivity contribution is -0.140. The molecule has 6 heteroatoms. The third-order valence-electron chi connectivity index (χ3n) is 2.40. The number of rotatable bonds is 10. The normalized spacial score (nSPS) is 12.4. The van der Waals surface area contributed by atoms with Gasteiger partial charge in [-0.25, -0.2) is 0 Å². The zero-order valence-corrected chi connectivity index (χ0v) is 11.4. The summed E-state index contributed by atoms with van der Waals surface area (Å²) in [6.07, 6.45) is 0.621. The van der Waals surface area contributed by atoms with Gasteiger partial charge in [0.05, 0.1) is 12.5 Å². The summed E-state index contributed by atoms with van der Waals surface area (Å²) in [5, 5.41) is 14.5. The van der Waals surface area contributed by atoms with Crippen molar-refractivity contribution in [2.24, 2.45) is 0 Å². The maximum absolute atomic E-state index is 11.5. The second-order valence-electron chi connectivity index (χ2n) is 4.47. The van der Waals surface area contributed by atoms with Crippen LogP contribution in [-0.2, 0) is 14.3 Å². The van der Waals surface area contributed by atoms with E-state index < -0.39 is 12.1 Å². The maximum atomic E-state index is 11.5. The number of aliphatic carboxylic acids is 1. The number of amides is 1. The summed E-state index contributed by atoms with van der Waals surface area (Å²) in [6.45, 7) is 5.14. The van der Waals surface area contributed by atoms with Crippen molar-refractivity contribution >= 4 is 11.9 Å². The van der Waals surface area contributed by atoms with Crippen molar-refractivity contribution in [2.75, 3.05) is 20.2 Å². The highest BCUT2D eigenvalue weighted by atomic mass is 16.5. The number of ether oxygens (including phenoxy) is 1. The van der Waals surface area contributed by atoms with Gasteiger partial charge in [-0.05, 0) is 13.0 Å². The van der Waals surface area contributed by atoms with Crippen molar-refractivity contribution in [2.45, 2.75) is 45.3 Å². The fraction of sp³-hybridized carbons (Fsp3) is 0.833. The maximum Gasteiger partial charge on any atom is 0.306 e. The van der Waals surface area contributed by atoms with Crippen LogP contribution >= 0.6 is 0 Å². The van der Waals surface area contributed by atoms with Crippen LogP contribution in [0.2, 0.25) is 0 Å². The molecule has 0 rings (SSSR count).